The molecule has 0 saturated carbocycles. The fourth-order valence-corrected chi connectivity index (χ4v) is 2.51. The van der Waals surface area contributed by atoms with Gasteiger partial charge in [0.2, 0.25) is 0 Å². The molecule has 130 valence electrons. The average molecular weight is 335 g/mol. The van der Waals surface area contributed by atoms with Crippen molar-refractivity contribution in [2.45, 2.75) is 26.4 Å². The first kappa shape index (κ1) is 18.5. The van der Waals surface area contributed by atoms with Crippen LogP contribution in [0, 0.1) is 0 Å². The van der Waals surface area contributed by atoms with E-state index in [4.69, 9.17) is 0 Å². The molecule has 0 unspecified atom stereocenters. The van der Waals surface area contributed by atoms with E-state index in [-0.39, 0.29) is 12.1 Å². The first-order chi connectivity index (χ1) is 12.0. The number of benzene rings is 2. The van der Waals surface area contributed by atoms with Gasteiger partial charge in [-0.3, -0.25) is 4.99 Å². The summed E-state index contributed by atoms with van der Waals surface area (Å²) in [5, 5.41) is 0. The van der Waals surface area contributed by atoms with Crippen LogP contribution < -0.4 is 0 Å². The van der Waals surface area contributed by atoms with E-state index >= 15 is 0 Å². The number of carbonyl (C=O) groups excluding carboxylic acids is 1. The highest BCUT2D eigenvalue weighted by Crippen LogP contribution is 2.17. The number of nitrogens with zero attached hydrogens (tertiary/aromatic N) is 3. The van der Waals surface area contributed by atoms with Gasteiger partial charge in [-0.2, -0.15) is 0 Å². The molecule has 4 heteroatoms. The molecule has 0 aromatic heterocycles. The highest BCUT2D eigenvalue weighted by atomic mass is 16.2. The predicted molar refractivity (Wildman–Crippen MR) is 104 cm³/mol. The van der Waals surface area contributed by atoms with Gasteiger partial charge in [-0.25, -0.2) is 4.79 Å². The Morgan fingerprint density at radius 2 is 1.64 bits per heavy atom. The van der Waals surface area contributed by atoms with E-state index in [1.165, 1.54) is 0 Å². The molecule has 0 bridgehead atoms. The first-order valence-electron chi connectivity index (χ1n) is 8.34. The van der Waals surface area contributed by atoms with Crippen molar-refractivity contribution in [3.8, 4) is 0 Å². The summed E-state index contributed by atoms with van der Waals surface area (Å²) in [5.74, 6) is 0. The Kier molecular flexibility index (Phi) is 6.52. The average Bonchev–Trinajstić information content (AvgIpc) is 2.64. The highest BCUT2D eigenvalue weighted by molar-refractivity contribution is 5.78. The van der Waals surface area contributed by atoms with Crippen molar-refractivity contribution in [1.29, 1.82) is 0 Å². The van der Waals surface area contributed by atoms with Crippen molar-refractivity contribution in [2.24, 2.45) is 4.99 Å². The van der Waals surface area contributed by atoms with Crippen LogP contribution in [0.2, 0.25) is 0 Å². The SMILES string of the molecule is C=NC(=CN(C)C(=O)N(Cc1ccccc1)C(C)C)c1ccccc1. The van der Waals surface area contributed by atoms with Crippen molar-refractivity contribution < 1.29 is 4.79 Å². The summed E-state index contributed by atoms with van der Waals surface area (Å²) >= 11 is 0. The molecule has 0 radical (unpaired) electrons. The van der Waals surface area contributed by atoms with Gasteiger partial charge in [-0.1, -0.05) is 60.7 Å². The molecule has 0 aliphatic carbocycles. The van der Waals surface area contributed by atoms with Crippen molar-refractivity contribution in [3.63, 3.8) is 0 Å². The minimum absolute atomic E-state index is 0.0732. The van der Waals surface area contributed by atoms with E-state index in [0.717, 1.165) is 11.1 Å². The van der Waals surface area contributed by atoms with Crippen LogP contribution in [0.4, 0.5) is 4.79 Å². The zero-order valence-corrected chi connectivity index (χ0v) is 15.1. The van der Waals surface area contributed by atoms with E-state index in [1.54, 1.807) is 18.1 Å². The second-order valence-electron chi connectivity index (χ2n) is 6.14. The number of amides is 2. The fraction of sp³-hybridized carbons (Fsp3) is 0.238. The maximum atomic E-state index is 12.9. The third-order valence-corrected chi connectivity index (χ3v) is 3.92. The summed E-state index contributed by atoms with van der Waals surface area (Å²) in [6.45, 7) is 8.23. The number of aliphatic imine (C=N–C) groups is 1. The molecule has 0 atom stereocenters. The predicted octanol–water partition coefficient (Wildman–Crippen LogP) is 4.65. The van der Waals surface area contributed by atoms with Crippen LogP contribution in [0.5, 0.6) is 0 Å². The van der Waals surface area contributed by atoms with E-state index in [9.17, 15) is 4.79 Å². The lowest BCUT2D eigenvalue weighted by Crippen LogP contribution is -2.42. The summed E-state index contributed by atoms with van der Waals surface area (Å²) in [6, 6.07) is 19.7. The largest absolute Gasteiger partial charge is 0.324 e. The molecule has 0 heterocycles. The van der Waals surface area contributed by atoms with Gasteiger partial charge < -0.3 is 9.80 Å². The third kappa shape index (κ3) is 5.05. The molecule has 2 aromatic rings. The van der Waals surface area contributed by atoms with Gasteiger partial charge in [0.1, 0.15) is 0 Å². The van der Waals surface area contributed by atoms with E-state index in [0.29, 0.717) is 12.2 Å². The molecule has 0 aliphatic rings. The second kappa shape index (κ2) is 8.83. The van der Waals surface area contributed by atoms with Gasteiger partial charge in [-0.05, 0) is 26.1 Å². The topological polar surface area (TPSA) is 35.9 Å². The van der Waals surface area contributed by atoms with E-state index in [1.807, 2.05) is 79.4 Å². The zero-order valence-electron chi connectivity index (χ0n) is 15.1. The minimum atomic E-state index is -0.0732. The van der Waals surface area contributed by atoms with Crippen LogP contribution in [-0.4, -0.2) is 35.6 Å². The van der Waals surface area contributed by atoms with Crippen LogP contribution in [0.15, 0.2) is 71.9 Å². The quantitative estimate of drug-likeness (QED) is 0.708. The molecular weight excluding hydrogens is 310 g/mol. The monoisotopic (exact) mass is 335 g/mol. The summed E-state index contributed by atoms with van der Waals surface area (Å²) in [6.07, 6.45) is 1.73. The second-order valence-corrected chi connectivity index (χ2v) is 6.14. The number of urea groups is 1. The molecule has 4 nitrogen and oxygen atoms in total. The van der Waals surface area contributed by atoms with Crippen molar-refractivity contribution in [3.05, 3.63) is 78.0 Å². The van der Waals surface area contributed by atoms with Crippen LogP contribution in [0.3, 0.4) is 0 Å². The van der Waals surface area contributed by atoms with Gasteiger partial charge in [0.15, 0.2) is 0 Å². The normalized spacial score (nSPS) is 11.3. The van der Waals surface area contributed by atoms with Crippen molar-refractivity contribution in [2.75, 3.05) is 7.05 Å². The maximum Gasteiger partial charge on any atom is 0.324 e. The summed E-state index contributed by atoms with van der Waals surface area (Å²) in [4.78, 5) is 20.4. The van der Waals surface area contributed by atoms with Gasteiger partial charge in [0.05, 0.1) is 5.70 Å². The summed E-state index contributed by atoms with van der Waals surface area (Å²) < 4.78 is 0. The van der Waals surface area contributed by atoms with Crippen LogP contribution in [-0.2, 0) is 6.54 Å². The Morgan fingerprint density at radius 1 is 1.08 bits per heavy atom. The fourth-order valence-electron chi connectivity index (χ4n) is 2.51. The van der Waals surface area contributed by atoms with E-state index < -0.39 is 0 Å². The lowest BCUT2D eigenvalue weighted by atomic mass is 10.2. The Labute approximate surface area is 150 Å². The Balaban J connectivity index is 2.20. The highest BCUT2D eigenvalue weighted by Gasteiger charge is 2.20. The number of hydrogen-bond acceptors (Lipinski definition) is 2. The number of carbonyl (C=O) groups is 1. The molecule has 25 heavy (non-hydrogen) atoms. The van der Waals surface area contributed by atoms with E-state index in [2.05, 4.69) is 11.7 Å². The summed E-state index contributed by atoms with van der Waals surface area (Å²) in [5.41, 5.74) is 2.70. The Hall–Kier alpha value is -2.88. The molecule has 0 N–H and O–H groups in total. The van der Waals surface area contributed by atoms with Crippen molar-refractivity contribution >= 4 is 18.4 Å². The first-order valence-corrected chi connectivity index (χ1v) is 8.34. The van der Waals surface area contributed by atoms with Gasteiger partial charge in [-0.15, -0.1) is 0 Å². The smallest absolute Gasteiger partial charge is 0.318 e. The molecule has 2 rings (SSSR count). The molecule has 0 saturated heterocycles. The van der Waals surface area contributed by atoms with Gasteiger partial charge in [0, 0.05) is 31.4 Å². The zero-order chi connectivity index (χ0) is 18.2. The van der Waals surface area contributed by atoms with Crippen LogP contribution in [0.25, 0.3) is 5.70 Å². The van der Waals surface area contributed by atoms with Gasteiger partial charge in [0.25, 0.3) is 0 Å². The molecule has 0 aliphatic heterocycles. The Bertz CT molecular complexity index is 723. The molecule has 2 aromatic carbocycles. The lowest BCUT2D eigenvalue weighted by molar-refractivity contribution is 0.158. The van der Waals surface area contributed by atoms with Crippen LogP contribution in [0.1, 0.15) is 25.0 Å². The molecule has 2 amide bonds. The van der Waals surface area contributed by atoms with Crippen molar-refractivity contribution in [1.82, 2.24) is 9.80 Å². The standard InChI is InChI=1S/C21H25N3O/c1-17(2)24(15-18-11-7-5-8-12-18)21(25)23(4)16-20(22-3)19-13-9-6-10-14-19/h5-14,16-17H,3,15H2,1-2,4H3. The lowest BCUT2D eigenvalue weighted by Gasteiger charge is -2.30. The minimum Gasteiger partial charge on any atom is -0.318 e. The maximum absolute atomic E-state index is 12.9. The molecular formula is C21H25N3O. The Morgan fingerprint density at radius 3 is 2.16 bits per heavy atom. The number of rotatable bonds is 6. The van der Waals surface area contributed by atoms with Crippen LogP contribution >= 0.6 is 0 Å². The third-order valence-electron chi connectivity index (χ3n) is 3.92. The number of hydrogen-bond donors (Lipinski definition) is 0. The molecule has 0 spiro atoms. The molecule has 0 fully saturated rings. The summed E-state index contributed by atoms with van der Waals surface area (Å²) in [7, 11) is 1.75. The van der Waals surface area contributed by atoms with Gasteiger partial charge >= 0.3 is 6.03 Å².